The molecule has 0 bridgehead atoms. The third-order valence-corrected chi connectivity index (χ3v) is 5.15. The number of hydrogen-bond acceptors (Lipinski definition) is 3. The number of amides is 1. The molecule has 1 amide bonds. The van der Waals surface area contributed by atoms with Crippen LogP contribution in [0.5, 0.6) is 0 Å². The summed E-state index contributed by atoms with van der Waals surface area (Å²) in [4.78, 5) is 14.4. The molecule has 0 unspecified atom stereocenters. The smallest absolute Gasteiger partial charge is 0.255 e. The number of nitrogens with one attached hydrogen (secondary N) is 2. The van der Waals surface area contributed by atoms with Crippen molar-refractivity contribution >= 4 is 11.9 Å². The van der Waals surface area contributed by atoms with Crippen molar-refractivity contribution in [2.75, 3.05) is 0 Å². The van der Waals surface area contributed by atoms with E-state index in [-0.39, 0.29) is 11.9 Å². The number of nitrogens with two attached hydrogens (primary N) is 1. The zero-order chi connectivity index (χ0) is 16.4. The summed E-state index contributed by atoms with van der Waals surface area (Å²) in [5.74, 6) is 0.851. The Morgan fingerprint density at radius 1 is 1.26 bits per heavy atom. The molecule has 5 nitrogen and oxygen atoms in total. The number of carbonyl (C=O) groups excluding carboxylic acids is 1. The Kier molecular flexibility index (Phi) is 4.39. The molecular formula is C18H26N4O. The summed E-state index contributed by atoms with van der Waals surface area (Å²) in [6.07, 6.45) is 5.78. The van der Waals surface area contributed by atoms with Gasteiger partial charge in [0.1, 0.15) is 5.54 Å². The maximum absolute atomic E-state index is 12.9. The molecule has 0 radical (unpaired) electrons. The number of carbonyl (C=O) groups is 1. The van der Waals surface area contributed by atoms with Crippen LogP contribution in [-0.2, 0) is 17.9 Å². The van der Waals surface area contributed by atoms with Gasteiger partial charge in [-0.15, -0.1) is 0 Å². The third-order valence-electron chi connectivity index (χ3n) is 5.15. The van der Waals surface area contributed by atoms with E-state index in [1.54, 1.807) is 4.90 Å². The molecule has 1 saturated heterocycles. The molecule has 1 aromatic rings. The molecule has 3 rings (SSSR count). The summed E-state index contributed by atoms with van der Waals surface area (Å²) in [5.41, 5.74) is 7.08. The van der Waals surface area contributed by atoms with Crippen LogP contribution in [0.15, 0.2) is 24.3 Å². The molecule has 5 heteroatoms. The quantitative estimate of drug-likeness (QED) is 0.780. The second-order valence-corrected chi connectivity index (χ2v) is 7.07. The highest BCUT2D eigenvalue weighted by molar-refractivity contribution is 6.07. The maximum Gasteiger partial charge on any atom is 0.255 e. The highest BCUT2D eigenvalue weighted by atomic mass is 16.2. The third kappa shape index (κ3) is 3.24. The Bertz CT molecular complexity index is 592. The first kappa shape index (κ1) is 16.0. The fourth-order valence-electron chi connectivity index (χ4n) is 3.83. The zero-order valence-electron chi connectivity index (χ0n) is 13.8. The Hall–Kier alpha value is -1.88. The lowest BCUT2D eigenvalue weighted by molar-refractivity contribution is -0.131. The normalized spacial score (nSPS) is 25.2. The number of hydrogen-bond donors (Lipinski definition) is 3. The molecule has 0 aromatic heterocycles. The van der Waals surface area contributed by atoms with Crippen LogP contribution in [0.25, 0.3) is 0 Å². The summed E-state index contributed by atoms with van der Waals surface area (Å²) in [5, 5.41) is 11.3. The summed E-state index contributed by atoms with van der Waals surface area (Å²) in [6.45, 7) is 2.90. The predicted octanol–water partition coefficient (Wildman–Crippen LogP) is 2.35. The van der Waals surface area contributed by atoms with Crippen LogP contribution in [-0.4, -0.2) is 22.3 Å². The molecule has 1 atom stereocenters. The summed E-state index contributed by atoms with van der Waals surface area (Å²) in [7, 11) is 0. The van der Waals surface area contributed by atoms with Gasteiger partial charge in [0.25, 0.3) is 5.91 Å². The van der Waals surface area contributed by atoms with Gasteiger partial charge >= 0.3 is 0 Å². The van der Waals surface area contributed by atoms with Gasteiger partial charge in [0.05, 0.1) is 6.54 Å². The van der Waals surface area contributed by atoms with Crippen molar-refractivity contribution in [2.45, 2.75) is 57.7 Å². The molecule has 1 aromatic carbocycles. The van der Waals surface area contributed by atoms with Crippen molar-refractivity contribution in [3.63, 3.8) is 0 Å². The van der Waals surface area contributed by atoms with Gasteiger partial charge in [0.2, 0.25) is 0 Å². The summed E-state index contributed by atoms with van der Waals surface area (Å²) >= 11 is 0. The Morgan fingerprint density at radius 3 is 2.48 bits per heavy atom. The van der Waals surface area contributed by atoms with E-state index in [0.29, 0.717) is 19.0 Å². The second kappa shape index (κ2) is 6.32. The van der Waals surface area contributed by atoms with Crippen molar-refractivity contribution in [3.8, 4) is 0 Å². The van der Waals surface area contributed by atoms with Crippen LogP contribution in [0.4, 0.5) is 0 Å². The number of nitrogens with zero attached hydrogens (tertiary/aromatic N) is 1. The lowest BCUT2D eigenvalue weighted by Crippen LogP contribution is -2.45. The highest BCUT2D eigenvalue weighted by Crippen LogP contribution is 2.34. The molecule has 1 saturated carbocycles. The Morgan fingerprint density at radius 2 is 1.87 bits per heavy atom. The van der Waals surface area contributed by atoms with Crippen LogP contribution in [0.3, 0.4) is 0 Å². The van der Waals surface area contributed by atoms with E-state index in [0.717, 1.165) is 17.5 Å². The van der Waals surface area contributed by atoms with Gasteiger partial charge in [-0.05, 0) is 30.4 Å². The number of guanidine groups is 1. The van der Waals surface area contributed by atoms with Crippen LogP contribution < -0.4 is 11.1 Å². The summed E-state index contributed by atoms with van der Waals surface area (Å²) in [6, 6.07) is 7.92. The lowest BCUT2D eigenvalue weighted by Gasteiger charge is -2.25. The van der Waals surface area contributed by atoms with Crippen molar-refractivity contribution in [1.29, 1.82) is 5.41 Å². The molecule has 2 aliphatic rings. The van der Waals surface area contributed by atoms with Gasteiger partial charge < -0.3 is 11.1 Å². The van der Waals surface area contributed by atoms with E-state index >= 15 is 0 Å². The van der Waals surface area contributed by atoms with E-state index in [9.17, 15) is 4.79 Å². The first-order valence-corrected chi connectivity index (χ1v) is 8.48. The van der Waals surface area contributed by atoms with Crippen molar-refractivity contribution in [1.82, 2.24) is 10.2 Å². The number of benzene rings is 1. The van der Waals surface area contributed by atoms with Gasteiger partial charge in [0, 0.05) is 6.54 Å². The molecule has 124 valence electrons. The monoisotopic (exact) mass is 314 g/mol. The first-order valence-electron chi connectivity index (χ1n) is 8.48. The molecule has 4 N–H and O–H groups in total. The molecule has 0 spiro atoms. The standard InChI is InChI=1S/C18H26N4O/c1-18(10-13-4-2-3-5-13)16(23)22(17(20)21-18)12-15-8-6-14(11-19)7-9-15/h6-9,13H,2-5,10-12,19H2,1H3,(H2,20,21)/t18-/m1/s1. The zero-order valence-corrected chi connectivity index (χ0v) is 13.8. The lowest BCUT2D eigenvalue weighted by atomic mass is 9.88. The van der Waals surface area contributed by atoms with Crippen LogP contribution in [0, 0.1) is 11.3 Å². The van der Waals surface area contributed by atoms with Gasteiger partial charge in [0.15, 0.2) is 5.96 Å². The Labute approximate surface area is 137 Å². The minimum atomic E-state index is -0.622. The van der Waals surface area contributed by atoms with E-state index in [1.165, 1.54) is 25.7 Å². The molecule has 1 aliphatic heterocycles. The topological polar surface area (TPSA) is 82.2 Å². The molecule has 1 aliphatic carbocycles. The number of rotatable bonds is 5. The van der Waals surface area contributed by atoms with Gasteiger partial charge in [-0.3, -0.25) is 15.1 Å². The van der Waals surface area contributed by atoms with Gasteiger partial charge in [-0.2, -0.15) is 0 Å². The SMILES string of the molecule is C[C@]1(CC2CCCC2)NC(=N)N(Cc2ccc(CN)cc2)C1=O. The van der Waals surface area contributed by atoms with Crippen molar-refractivity contribution in [3.05, 3.63) is 35.4 Å². The van der Waals surface area contributed by atoms with Crippen molar-refractivity contribution < 1.29 is 4.79 Å². The van der Waals surface area contributed by atoms with Crippen LogP contribution >= 0.6 is 0 Å². The average molecular weight is 314 g/mol. The van der Waals surface area contributed by atoms with Crippen molar-refractivity contribution in [2.24, 2.45) is 11.7 Å². The minimum absolute atomic E-state index is 0.0253. The minimum Gasteiger partial charge on any atom is -0.342 e. The van der Waals surface area contributed by atoms with E-state index in [2.05, 4.69) is 5.32 Å². The largest absolute Gasteiger partial charge is 0.342 e. The van der Waals surface area contributed by atoms with Crippen LogP contribution in [0.1, 0.15) is 50.2 Å². The summed E-state index contributed by atoms with van der Waals surface area (Å²) < 4.78 is 0. The average Bonchev–Trinajstić information content (AvgIpc) is 3.11. The van der Waals surface area contributed by atoms with E-state index in [4.69, 9.17) is 11.1 Å². The molecule has 1 heterocycles. The fourth-order valence-corrected chi connectivity index (χ4v) is 3.83. The molecular weight excluding hydrogens is 288 g/mol. The molecule has 23 heavy (non-hydrogen) atoms. The van der Waals surface area contributed by atoms with Crippen LogP contribution in [0.2, 0.25) is 0 Å². The first-order chi connectivity index (χ1) is 11.0. The van der Waals surface area contributed by atoms with E-state index in [1.807, 2.05) is 31.2 Å². The maximum atomic E-state index is 12.9. The highest BCUT2D eigenvalue weighted by Gasteiger charge is 2.46. The second-order valence-electron chi connectivity index (χ2n) is 7.07. The van der Waals surface area contributed by atoms with E-state index < -0.39 is 5.54 Å². The predicted molar refractivity (Wildman–Crippen MR) is 90.7 cm³/mol. The molecule has 2 fully saturated rings. The van der Waals surface area contributed by atoms with Gasteiger partial charge in [-0.25, -0.2) is 0 Å². The fraction of sp³-hybridized carbons (Fsp3) is 0.556. The van der Waals surface area contributed by atoms with Gasteiger partial charge in [-0.1, -0.05) is 49.9 Å². The Balaban J connectivity index is 1.69.